The smallest absolute Gasteiger partial charge is 0.305 e. The van der Waals surface area contributed by atoms with Crippen molar-refractivity contribution >= 4 is 11.9 Å². The number of hydrogen-bond acceptors (Lipinski definition) is 2. The summed E-state index contributed by atoms with van der Waals surface area (Å²) in [5.74, 6) is -1.83. The van der Waals surface area contributed by atoms with Gasteiger partial charge in [0.1, 0.15) is 5.82 Å². The minimum atomic E-state index is -1.06. The second-order valence-electron chi connectivity index (χ2n) is 4.94. The molecule has 0 saturated heterocycles. The molecule has 0 fully saturated rings. The summed E-state index contributed by atoms with van der Waals surface area (Å²) in [5.41, 5.74) is 1.26. The number of rotatable bonds is 6. The number of carboxylic acids is 1. The predicted octanol–water partition coefficient (Wildman–Crippen LogP) is 2.70. The van der Waals surface area contributed by atoms with Gasteiger partial charge in [-0.3, -0.25) is 9.59 Å². The molecule has 0 spiro atoms. The van der Waals surface area contributed by atoms with Gasteiger partial charge in [-0.25, -0.2) is 4.39 Å². The van der Waals surface area contributed by atoms with Gasteiger partial charge < -0.3 is 10.4 Å². The van der Waals surface area contributed by atoms with Gasteiger partial charge in [0.15, 0.2) is 0 Å². The largest absolute Gasteiger partial charge is 0.481 e. The van der Waals surface area contributed by atoms with E-state index < -0.39 is 17.8 Å². The van der Waals surface area contributed by atoms with E-state index in [2.05, 4.69) is 5.32 Å². The van der Waals surface area contributed by atoms with Crippen molar-refractivity contribution in [3.05, 3.63) is 71.5 Å². The van der Waals surface area contributed by atoms with E-state index in [0.29, 0.717) is 5.56 Å². The molecular weight excluding hydrogens is 285 g/mol. The molecule has 2 N–H and O–H groups in total. The molecule has 0 radical (unpaired) electrons. The van der Waals surface area contributed by atoms with Crippen molar-refractivity contribution in [2.24, 2.45) is 0 Å². The van der Waals surface area contributed by atoms with E-state index in [0.717, 1.165) is 5.56 Å². The van der Waals surface area contributed by atoms with Gasteiger partial charge in [0.25, 0.3) is 0 Å². The third-order valence-corrected chi connectivity index (χ3v) is 3.17. The first-order chi connectivity index (χ1) is 10.5. The summed E-state index contributed by atoms with van der Waals surface area (Å²) in [6.07, 6.45) is -0.156. The van der Waals surface area contributed by atoms with Gasteiger partial charge in [0.2, 0.25) is 5.91 Å². The quantitative estimate of drug-likeness (QED) is 0.862. The van der Waals surface area contributed by atoms with Gasteiger partial charge in [-0.05, 0) is 23.3 Å². The van der Waals surface area contributed by atoms with Crippen LogP contribution in [0.25, 0.3) is 0 Å². The molecule has 0 aliphatic rings. The molecule has 1 amide bonds. The summed E-state index contributed by atoms with van der Waals surface area (Å²) >= 11 is 0. The van der Waals surface area contributed by atoms with Crippen LogP contribution in [-0.2, 0) is 16.0 Å². The van der Waals surface area contributed by atoms with E-state index in [1.165, 1.54) is 18.2 Å². The highest BCUT2D eigenvalue weighted by molar-refractivity contribution is 5.80. The molecule has 2 aromatic rings. The number of carboxylic acid groups (broad SMARTS) is 1. The van der Waals surface area contributed by atoms with Crippen LogP contribution in [0, 0.1) is 5.82 Å². The topological polar surface area (TPSA) is 66.4 Å². The fourth-order valence-electron chi connectivity index (χ4n) is 2.18. The number of nitrogens with one attached hydrogen (secondary N) is 1. The van der Waals surface area contributed by atoms with Crippen molar-refractivity contribution in [3.63, 3.8) is 0 Å². The molecule has 1 atom stereocenters. The van der Waals surface area contributed by atoms with E-state index in [1.807, 2.05) is 30.3 Å². The average molecular weight is 301 g/mol. The van der Waals surface area contributed by atoms with E-state index >= 15 is 0 Å². The Morgan fingerprint density at radius 2 is 1.82 bits per heavy atom. The summed E-state index contributed by atoms with van der Waals surface area (Å²) in [4.78, 5) is 23.0. The Labute approximate surface area is 127 Å². The lowest BCUT2D eigenvalue weighted by atomic mass is 10.0. The van der Waals surface area contributed by atoms with Crippen LogP contribution < -0.4 is 5.32 Å². The van der Waals surface area contributed by atoms with E-state index in [9.17, 15) is 14.0 Å². The first-order valence-corrected chi connectivity index (χ1v) is 6.85. The molecule has 2 rings (SSSR count). The first-order valence-electron chi connectivity index (χ1n) is 6.85. The third kappa shape index (κ3) is 4.70. The minimum absolute atomic E-state index is 0.145. The highest BCUT2D eigenvalue weighted by Crippen LogP contribution is 2.18. The summed E-state index contributed by atoms with van der Waals surface area (Å²) in [7, 11) is 0. The van der Waals surface area contributed by atoms with Gasteiger partial charge in [-0.2, -0.15) is 0 Å². The summed E-state index contributed by atoms with van der Waals surface area (Å²) in [5, 5.41) is 11.6. The Balaban J connectivity index is 2.09. The molecule has 0 unspecified atom stereocenters. The van der Waals surface area contributed by atoms with Gasteiger partial charge in [-0.1, -0.05) is 42.5 Å². The second-order valence-corrected chi connectivity index (χ2v) is 4.94. The molecule has 0 heterocycles. The first kappa shape index (κ1) is 15.7. The van der Waals surface area contributed by atoms with Gasteiger partial charge >= 0.3 is 5.97 Å². The standard InChI is InChI=1S/C17H16FNO3/c18-14-8-4-7-13(10-14)15(11-17(21)22)19-16(20)9-12-5-2-1-3-6-12/h1-8,10,15H,9,11H2,(H,19,20)(H,21,22)/t15-/m0/s1. The minimum Gasteiger partial charge on any atom is -0.481 e. The summed E-state index contributed by atoms with van der Waals surface area (Å²) in [6, 6.07) is 14.0. The maximum Gasteiger partial charge on any atom is 0.305 e. The van der Waals surface area contributed by atoms with Gasteiger partial charge in [0.05, 0.1) is 18.9 Å². The molecule has 114 valence electrons. The Hall–Kier alpha value is -2.69. The summed E-state index contributed by atoms with van der Waals surface area (Å²) < 4.78 is 13.3. The number of carbonyl (C=O) groups excluding carboxylic acids is 1. The Morgan fingerprint density at radius 3 is 2.45 bits per heavy atom. The fourth-order valence-corrected chi connectivity index (χ4v) is 2.18. The molecule has 0 bridgehead atoms. The monoisotopic (exact) mass is 301 g/mol. The maximum absolute atomic E-state index is 13.3. The van der Waals surface area contributed by atoms with Crippen LogP contribution >= 0.6 is 0 Å². The zero-order chi connectivity index (χ0) is 15.9. The lowest BCUT2D eigenvalue weighted by molar-refractivity contribution is -0.137. The summed E-state index contributed by atoms with van der Waals surface area (Å²) in [6.45, 7) is 0. The zero-order valence-corrected chi connectivity index (χ0v) is 11.8. The Bertz CT molecular complexity index is 658. The molecular formula is C17H16FNO3. The highest BCUT2D eigenvalue weighted by atomic mass is 19.1. The third-order valence-electron chi connectivity index (χ3n) is 3.17. The van der Waals surface area contributed by atoms with Gasteiger partial charge in [0, 0.05) is 0 Å². The van der Waals surface area contributed by atoms with Crippen LogP contribution in [0.4, 0.5) is 4.39 Å². The molecule has 2 aromatic carbocycles. The van der Waals surface area contributed by atoms with E-state index in [4.69, 9.17) is 5.11 Å². The van der Waals surface area contributed by atoms with E-state index in [-0.39, 0.29) is 18.7 Å². The normalized spacial score (nSPS) is 11.7. The second kappa shape index (κ2) is 7.36. The van der Waals surface area contributed by atoms with Crippen molar-refractivity contribution in [1.82, 2.24) is 5.32 Å². The van der Waals surface area contributed by atoms with Crippen LogP contribution in [0.2, 0.25) is 0 Å². The van der Waals surface area contributed by atoms with Crippen LogP contribution in [0.15, 0.2) is 54.6 Å². The van der Waals surface area contributed by atoms with Crippen molar-refractivity contribution < 1.29 is 19.1 Å². The average Bonchev–Trinajstić information content (AvgIpc) is 2.47. The number of hydrogen-bond donors (Lipinski definition) is 2. The van der Waals surface area contributed by atoms with Crippen LogP contribution in [-0.4, -0.2) is 17.0 Å². The lowest BCUT2D eigenvalue weighted by Gasteiger charge is -2.17. The molecule has 0 aromatic heterocycles. The number of carbonyl (C=O) groups is 2. The molecule has 0 aliphatic carbocycles. The molecule has 0 aliphatic heterocycles. The maximum atomic E-state index is 13.3. The van der Waals surface area contributed by atoms with Gasteiger partial charge in [-0.15, -0.1) is 0 Å². The molecule has 5 heteroatoms. The van der Waals surface area contributed by atoms with E-state index in [1.54, 1.807) is 6.07 Å². The van der Waals surface area contributed by atoms with Crippen LogP contribution in [0.1, 0.15) is 23.6 Å². The van der Waals surface area contributed by atoms with Crippen molar-refractivity contribution in [1.29, 1.82) is 0 Å². The molecule has 4 nitrogen and oxygen atoms in total. The number of aliphatic carboxylic acids is 1. The zero-order valence-electron chi connectivity index (χ0n) is 11.8. The lowest BCUT2D eigenvalue weighted by Crippen LogP contribution is -2.31. The van der Waals surface area contributed by atoms with Crippen LogP contribution in [0.5, 0.6) is 0 Å². The highest BCUT2D eigenvalue weighted by Gasteiger charge is 2.18. The predicted molar refractivity (Wildman–Crippen MR) is 79.7 cm³/mol. The molecule has 0 saturated carbocycles. The van der Waals surface area contributed by atoms with Crippen LogP contribution in [0.3, 0.4) is 0 Å². The molecule has 22 heavy (non-hydrogen) atoms. The fraction of sp³-hybridized carbons (Fsp3) is 0.176. The number of halogens is 1. The van der Waals surface area contributed by atoms with Crippen molar-refractivity contribution in [3.8, 4) is 0 Å². The number of benzene rings is 2. The number of amides is 1. The Morgan fingerprint density at radius 1 is 1.09 bits per heavy atom. The van der Waals surface area contributed by atoms with Crippen molar-refractivity contribution in [2.45, 2.75) is 18.9 Å². The Kier molecular flexibility index (Phi) is 5.25. The van der Waals surface area contributed by atoms with Crippen molar-refractivity contribution in [2.75, 3.05) is 0 Å². The SMILES string of the molecule is O=C(O)C[C@H](NC(=O)Cc1ccccc1)c1cccc(F)c1.